The van der Waals surface area contributed by atoms with E-state index in [1.807, 2.05) is 140 Å². The molecule has 0 aliphatic carbocycles. The molecule has 9 rings (SSSR count). The number of benzene rings is 7. The number of carboxylic acid groups (broad SMARTS) is 1. The molecule has 15 heteroatoms. The lowest BCUT2D eigenvalue weighted by Crippen LogP contribution is -2.53. The van der Waals surface area contributed by atoms with Gasteiger partial charge < -0.3 is 38.6 Å². The molecule has 81 heavy (non-hydrogen) atoms. The molecule has 0 radical (unpaired) electrons. The van der Waals surface area contributed by atoms with Gasteiger partial charge in [0.05, 0.1) is 55.8 Å². The Labute approximate surface area is 509 Å². The number of carbonyl (C=O) groups is 2. The highest BCUT2D eigenvalue weighted by Gasteiger charge is 2.46. The minimum absolute atomic E-state index is 0.0237. The second-order valence-corrected chi connectivity index (χ2v) is 22.7. The van der Waals surface area contributed by atoms with E-state index in [9.17, 15) is 14.7 Å². The van der Waals surface area contributed by atoms with Crippen molar-refractivity contribution in [3.8, 4) is 0 Å². The Bertz CT molecular complexity index is 3000. The van der Waals surface area contributed by atoms with Crippen molar-refractivity contribution in [3.63, 3.8) is 0 Å². The average Bonchev–Trinajstić information content (AvgIpc) is 3.67. The number of carbonyl (C=O) groups excluding carboxylic acids is 1. The van der Waals surface area contributed by atoms with Crippen LogP contribution < -0.4 is 0 Å². The number of aromatic carboxylic acids is 1. The maximum atomic E-state index is 12.5. The maximum Gasteiger partial charge on any atom is 0.338 e. The van der Waals surface area contributed by atoms with Crippen LogP contribution in [0.25, 0.3) is 0 Å². The van der Waals surface area contributed by atoms with Gasteiger partial charge in [0.1, 0.15) is 24.4 Å². The minimum atomic E-state index is -1.02. The lowest BCUT2D eigenvalue weighted by atomic mass is 9.84. The van der Waals surface area contributed by atoms with Gasteiger partial charge in [0, 0.05) is 30.8 Å². The van der Waals surface area contributed by atoms with Crippen LogP contribution >= 0.6 is 66.7 Å². The number of cyclic esters (lactones) is 1. The standard InChI is InChI=1S/C29H33ClO4.C22H26O4.C8H8BrCl.C7H4BrClO2/c1-3-26-20(2)27(32-18-21-10-6-4-7-11-21)29(33-19-22-12-8-5-9-13-22)28(34-26)23-14-15-25(30)24(16-23)17-31;1-3-19-16(2)20(24-14-17-10-6-4-7-11-17)21(22(23)26-19)25-15-18-12-8-5-9-13-18;1-2-6-5-7(9)3-4-8(6)10;8-4-1-2-6(9)5(3-4)7(10)11/h4-16,20,26-29,31H,3,17-19H2,1-2H3;4-13,16,19-21H,3,14-15H2,1-2H3;3-5H,2H2,1H3;1-3H,(H,10,11)/t20-,26-,27+,28?,29-;16-,19-,20+,21-;;/m11../s1. The van der Waals surface area contributed by atoms with Crippen molar-refractivity contribution in [2.75, 3.05) is 0 Å². The summed E-state index contributed by atoms with van der Waals surface area (Å²) in [7, 11) is 0. The first kappa shape index (κ1) is 65.2. The summed E-state index contributed by atoms with van der Waals surface area (Å²) in [6.07, 6.45) is 0.636. The molecule has 2 fully saturated rings. The Balaban J connectivity index is 0.000000196. The molecule has 2 saturated heterocycles. The molecular weight excluding hydrogens is 1220 g/mol. The summed E-state index contributed by atoms with van der Waals surface area (Å²) in [4.78, 5) is 23.0. The maximum absolute atomic E-state index is 12.5. The molecule has 2 aliphatic rings. The first-order chi connectivity index (χ1) is 39.1. The largest absolute Gasteiger partial charge is 0.478 e. The van der Waals surface area contributed by atoms with Gasteiger partial charge in [-0.3, -0.25) is 0 Å². The Kier molecular flexibility index (Phi) is 27.4. The molecule has 0 amide bonds. The van der Waals surface area contributed by atoms with Crippen molar-refractivity contribution in [2.45, 2.75) is 130 Å². The number of esters is 1. The molecule has 2 aliphatic heterocycles. The molecule has 2 N–H and O–H groups in total. The van der Waals surface area contributed by atoms with Gasteiger partial charge in [0.2, 0.25) is 0 Å². The van der Waals surface area contributed by atoms with Crippen LogP contribution in [-0.4, -0.2) is 58.8 Å². The van der Waals surface area contributed by atoms with Crippen LogP contribution in [0.3, 0.4) is 0 Å². The van der Waals surface area contributed by atoms with Gasteiger partial charge in [-0.1, -0.05) is 229 Å². The quantitative estimate of drug-likeness (QED) is 0.0801. The zero-order valence-electron chi connectivity index (χ0n) is 46.1. The first-order valence-corrected chi connectivity index (χ1v) is 29.9. The Morgan fingerprint density at radius 3 is 1.42 bits per heavy atom. The molecule has 0 aromatic heterocycles. The highest BCUT2D eigenvalue weighted by atomic mass is 79.9. The van der Waals surface area contributed by atoms with Crippen molar-refractivity contribution >= 4 is 78.6 Å². The predicted molar refractivity (Wildman–Crippen MR) is 328 cm³/mol. The van der Waals surface area contributed by atoms with E-state index in [0.717, 1.165) is 56.6 Å². The van der Waals surface area contributed by atoms with E-state index < -0.39 is 12.1 Å². The summed E-state index contributed by atoms with van der Waals surface area (Å²) < 4.78 is 39.2. The number of aliphatic hydroxyl groups is 1. The number of hydrogen-bond acceptors (Lipinski definition) is 9. The highest BCUT2D eigenvalue weighted by molar-refractivity contribution is 9.10. The number of aliphatic hydroxyl groups excluding tert-OH is 1. The molecule has 0 bridgehead atoms. The fourth-order valence-corrected chi connectivity index (χ4v) is 10.9. The molecule has 10 nitrogen and oxygen atoms in total. The summed E-state index contributed by atoms with van der Waals surface area (Å²) in [6, 6.07) is 56.4. The molecule has 9 atom stereocenters. The molecule has 7 aromatic carbocycles. The summed E-state index contributed by atoms with van der Waals surface area (Å²) in [5.74, 6) is -1.13. The minimum Gasteiger partial charge on any atom is -0.478 e. The van der Waals surface area contributed by atoms with E-state index in [4.69, 9.17) is 68.3 Å². The van der Waals surface area contributed by atoms with Crippen molar-refractivity contribution < 1.29 is 48.2 Å². The van der Waals surface area contributed by atoms with Gasteiger partial charge in [0.25, 0.3) is 0 Å². The summed E-state index contributed by atoms with van der Waals surface area (Å²) in [5, 5.41) is 20.0. The van der Waals surface area contributed by atoms with E-state index in [-0.39, 0.29) is 71.6 Å². The third kappa shape index (κ3) is 19.9. The van der Waals surface area contributed by atoms with Crippen molar-refractivity contribution in [1.82, 2.24) is 0 Å². The van der Waals surface area contributed by atoms with Gasteiger partial charge in [-0.15, -0.1) is 0 Å². The van der Waals surface area contributed by atoms with Gasteiger partial charge in [-0.05, 0) is 107 Å². The third-order valence-electron chi connectivity index (χ3n) is 14.0. The van der Waals surface area contributed by atoms with Crippen LogP contribution in [0, 0.1) is 11.8 Å². The van der Waals surface area contributed by atoms with Crippen molar-refractivity contribution in [3.05, 3.63) is 244 Å². The fraction of sp³-hybridized carbons (Fsp3) is 0.333. The number of halogens is 5. The Morgan fingerprint density at radius 2 is 0.963 bits per heavy atom. The zero-order valence-corrected chi connectivity index (χ0v) is 51.6. The summed E-state index contributed by atoms with van der Waals surface area (Å²) in [5.41, 5.74) is 7.24. The van der Waals surface area contributed by atoms with Gasteiger partial charge >= 0.3 is 11.9 Å². The lowest BCUT2D eigenvalue weighted by Gasteiger charge is -2.46. The molecule has 0 saturated carbocycles. The van der Waals surface area contributed by atoms with E-state index in [1.165, 1.54) is 17.7 Å². The highest BCUT2D eigenvalue weighted by Crippen LogP contribution is 2.41. The smallest absolute Gasteiger partial charge is 0.338 e. The number of rotatable bonds is 18. The molecule has 0 spiro atoms. The van der Waals surface area contributed by atoms with Crippen LogP contribution in [-0.2, 0) is 72.7 Å². The number of ether oxygens (including phenoxy) is 6. The fourth-order valence-electron chi connectivity index (χ4n) is 9.47. The van der Waals surface area contributed by atoms with Crippen molar-refractivity contribution in [1.29, 1.82) is 0 Å². The average molecular weight is 1290 g/mol. The van der Waals surface area contributed by atoms with E-state index >= 15 is 0 Å². The molecule has 1 unspecified atom stereocenters. The number of carboxylic acids is 1. The van der Waals surface area contributed by atoms with Crippen LogP contribution in [0.5, 0.6) is 0 Å². The second-order valence-electron chi connectivity index (χ2n) is 19.6. The Hall–Kier alpha value is -4.93. The monoisotopic (exact) mass is 1290 g/mol. The van der Waals surface area contributed by atoms with Crippen molar-refractivity contribution in [2.24, 2.45) is 11.8 Å². The van der Waals surface area contributed by atoms with Crippen LogP contribution in [0.15, 0.2) is 185 Å². The predicted octanol–water partition coefficient (Wildman–Crippen LogP) is 17.1. The SMILES string of the molecule is CC[C@H]1OC(=O)[C@H](OCc2ccccc2)[C@@H](OCc2ccccc2)[C@@H]1C.CC[C@H]1OC(c2ccc(Cl)c(CO)c2)[C@H](OCc2ccccc2)[C@@H](OCc2ccccc2)[C@@H]1C.CCc1cc(Br)ccc1Cl.O=C(O)c1cc(Br)ccc1Cl. The summed E-state index contributed by atoms with van der Waals surface area (Å²) in [6.45, 7) is 12.1. The summed E-state index contributed by atoms with van der Waals surface area (Å²) >= 11 is 24.3. The first-order valence-electron chi connectivity index (χ1n) is 27.1. The second kappa shape index (κ2) is 34.0. The molecule has 7 aromatic rings. The van der Waals surface area contributed by atoms with Crippen LogP contribution in [0.2, 0.25) is 15.1 Å². The normalized spacial score (nSPS) is 21.2. The van der Waals surface area contributed by atoms with E-state index in [0.29, 0.717) is 41.5 Å². The topological polar surface area (TPSA) is 130 Å². The number of aryl methyl sites for hydroxylation is 1. The Morgan fingerprint density at radius 1 is 0.531 bits per heavy atom. The van der Waals surface area contributed by atoms with Gasteiger partial charge in [0.15, 0.2) is 6.10 Å². The lowest BCUT2D eigenvalue weighted by molar-refractivity contribution is -0.234. The molecule has 430 valence electrons. The van der Waals surface area contributed by atoms with Crippen LogP contribution in [0.4, 0.5) is 0 Å². The molecular formula is C66H71Br2Cl3O10. The van der Waals surface area contributed by atoms with E-state index in [2.05, 4.69) is 83.8 Å². The van der Waals surface area contributed by atoms with Crippen LogP contribution in [0.1, 0.15) is 103 Å². The van der Waals surface area contributed by atoms with Gasteiger partial charge in [-0.2, -0.15) is 0 Å². The molecule has 2 heterocycles. The van der Waals surface area contributed by atoms with Gasteiger partial charge in [-0.25, -0.2) is 9.59 Å². The number of hydrogen-bond donors (Lipinski definition) is 2. The third-order valence-corrected chi connectivity index (χ3v) is 16.1. The van der Waals surface area contributed by atoms with E-state index in [1.54, 1.807) is 6.07 Å². The zero-order chi connectivity index (χ0) is 58.3.